The van der Waals surface area contributed by atoms with Crippen molar-refractivity contribution in [3.63, 3.8) is 0 Å². The fraction of sp³-hybridized carbons (Fsp3) is 0.818. The third kappa shape index (κ3) is 1.98. The number of carboxylic acid groups (broad SMARTS) is 1. The predicted molar refractivity (Wildman–Crippen MR) is 54.3 cm³/mol. The molecular weight excluding hydrogens is 194 g/mol. The first-order valence-corrected chi connectivity index (χ1v) is 5.67. The molecule has 0 aromatic rings. The molecule has 0 atom stereocenters. The van der Waals surface area contributed by atoms with E-state index in [1.807, 2.05) is 0 Å². The Morgan fingerprint density at radius 3 is 2.27 bits per heavy atom. The highest BCUT2D eigenvalue weighted by Gasteiger charge is 2.45. The van der Waals surface area contributed by atoms with E-state index >= 15 is 0 Å². The summed E-state index contributed by atoms with van der Waals surface area (Å²) >= 11 is 0. The highest BCUT2D eigenvalue weighted by molar-refractivity contribution is 5.87. The van der Waals surface area contributed by atoms with Crippen LogP contribution < -0.4 is 5.32 Å². The van der Waals surface area contributed by atoms with Crippen molar-refractivity contribution in [1.29, 1.82) is 0 Å². The smallest absolute Gasteiger partial charge is 0.329 e. The normalized spacial score (nSPS) is 23.7. The number of aliphatic carboxylic acids is 1. The van der Waals surface area contributed by atoms with Gasteiger partial charge >= 0.3 is 5.97 Å². The second-order valence-corrected chi connectivity index (χ2v) is 4.79. The van der Waals surface area contributed by atoms with Gasteiger partial charge in [-0.3, -0.25) is 4.79 Å². The van der Waals surface area contributed by atoms with E-state index in [1.165, 1.54) is 6.42 Å². The summed E-state index contributed by atoms with van der Waals surface area (Å²) < 4.78 is 0. The molecule has 0 heterocycles. The fourth-order valence-corrected chi connectivity index (χ4v) is 2.20. The van der Waals surface area contributed by atoms with Crippen LogP contribution in [0.5, 0.6) is 0 Å². The molecule has 0 radical (unpaired) electrons. The highest BCUT2D eigenvalue weighted by atomic mass is 16.4. The van der Waals surface area contributed by atoms with Crippen molar-refractivity contribution in [3.05, 3.63) is 0 Å². The van der Waals surface area contributed by atoms with Gasteiger partial charge in [0.15, 0.2) is 0 Å². The Labute approximate surface area is 89.0 Å². The topological polar surface area (TPSA) is 66.4 Å². The minimum absolute atomic E-state index is 0.0817. The summed E-state index contributed by atoms with van der Waals surface area (Å²) in [4.78, 5) is 22.6. The summed E-state index contributed by atoms with van der Waals surface area (Å²) in [5, 5.41) is 11.7. The molecule has 2 aliphatic carbocycles. The van der Waals surface area contributed by atoms with Crippen LogP contribution in [0.1, 0.15) is 44.9 Å². The molecule has 2 aliphatic rings. The maximum Gasteiger partial charge on any atom is 0.329 e. The van der Waals surface area contributed by atoms with E-state index < -0.39 is 11.5 Å². The van der Waals surface area contributed by atoms with Gasteiger partial charge in [0.05, 0.1) is 0 Å². The minimum atomic E-state index is -0.930. The van der Waals surface area contributed by atoms with Crippen molar-refractivity contribution in [2.75, 3.05) is 0 Å². The van der Waals surface area contributed by atoms with Gasteiger partial charge in [-0.15, -0.1) is 0 Å². The third-order valence-electron chi connectivity index (χ3n) is 3.69. The molecule has 2 fully saturated rings. The first-order valence-electron chi connectivity index (χ1n) is 5.67. The third-order valence-corrected chi connectivity index (χ3v) is 3.69. The molecule has 0 aromatic heterocycles. The van der Waals surface area contributed by atoms with E-state index in [9.17, 15) is 9.59 Å². The molecule has 2 N–H and O–H groups in total. The number of nitrogens with one attached hydrogen (secondary N) is 1. The van der Waals surface area contributed by atoms with Crippen molar-refractivity contribution < 1.29 is 14.7 Å². The molecule has 0 saturated heterocycles. The van der Waals surface area contributed by atoms with Crippen molar-refractivity contribution in [2.24, 2.45) is 5.92 Å². The second kappa shape index (κ2) is 3.83. The van der Waals surface area contributed by atoms with Crippen LogP contribution in [-0.2, 0) is 9.59 Å². The average molecular weight is 211 g/mol. The lowest BCUT2D eigenvalue weighted by molar-refractivity contribution is -0.152. The summed E-state index contributed by atoms with van der Waals surface area (Å²) in [6, 6.07) is 0. The molecule has 84 valence electrons. The van der Waals surface area contributed by atoms with Gasteiger partial charge in [-0.2, -0.15) is 0 Å². The molecule has 2 saturated carbocycles. The monoisotopic (exact) mass is 211 g/mol. The number of carbonyl (C=O) groups is 2. The van der Waals surface area contributed by atoms with Gasteiger partial charge in [0, 0.05) is 6.42 Å². The molecule has 0 unspecified atom stereocenters. The second-order valence-electron chi connectivity index (χ2n) is 4.79. The molecule has 4 heteroatoms. The van der Waals surface area contributed by atoms with E-state index in [0.29, 0.717) is 25.2 Å². The lowest BCUT2D eigenvalue weighted by atomic mass is 9.76. The van der Waals surface area contributed by atoms with Gasteiger partial charge < -0.3 is 10.4 Å². The summed E-state index contributed by atoms with van der Waals surface area (Å²) in [6.45, 7) is 0. The quantitative estimate of drug-likeness (QED) is 0.736. The SMILES string of the molecule is O=C(CC1CCC1)NC1(C(=O)O)CCC1. The number of amides is 1. The van der Waals surface area contributed by atoms with Gasteiger partial charge in [-0.1, -0.05) is 6.42 Å². The lowest BCUT2D eigenvalue weighted by Crippen LogP contribution is -2.59. The van der Waals surface area contributed by atoms with E-state index in [2.05, 4.69) is 5.32 Å². The van der Waals surface area contributed by atoms with Gasteiger partial charge in [-0.25, -0.2) is 4.79 Å². The minimum Gasteiger partial charge on any atom is -0.480 e. The molecule has 0 aliphatic heterocycles. The lowest BCUT2D eigenvalue weighted by Gasteiger charge is -2.39. The molecule has 1 amide bonds. The molecular formula is C11H17NO3. The van der Waals surface area contributed by atoms with E-state index in [0.717, 1.165) is 19.3 Å². The standard InChI is InChI=1S/C11H17NO3/c13-9(7-8-3-1-4-8)12-11(10(14)15)5-2-6-11/h8H,1-7H2,(H,12,13)(H,14,15). The summed E-state index contributed by atoms with van der Waals surface area (Å²) in [7, 11) is 0. The Hall–Kier alpha value is -1.06. The van der Waals surface area contributed by atoms with Crippen LogP contribution in [0.2, 0.25) is 0 Å². The maximum absolute atomic E-state index is 11.6. The zero-order valence-electron chi connectivity index (χ0n) is 8.79. The number of hydrogen-bond donors (Lipinski definition) is 2. The Morgan fingerprint density at radius 2 is 1.93 bits per heavy atom. The van der Waals surface area contributed by atoms with Crippen LogP contribution in [0.15, 0.2) is 0 Å². The first kappa shape index (κ1) is 10.5. The van der Waals surface area contributed by atoms with Gasteiger partial charge in [0.25, 0.3) is 0 Å². The number of carbonyl (C=O) groups excluding carboxylic acids is 1. The Kier molecular flexibility index (Phi) is 2.67. The zero-order valence-corrected chi connectivity index (χ0v) is 8.79. The molecule has 4 nitrogen and oxygen atoms in total. The van der Waals surface area contributed by atoms with Crippen molar-refractivity contribution in [1.82, 2.24) is 5.32 Å². The summed E-state index contributed by atoms with van der Waals surface area (Å²) in [5.41, 5.74) is -0.930. The Balaban J connectivity index is 1.83. The van der Waals surface area contributed by atoms with E-state index in [-0.39, 0.29) is 5.91 Å². The van der Waals surface area contributed by atoms with Gasteiger partial charge in [-0.05, 0) is 38.0 Å². The molecule has 0 aromatic carbocycles. The average Bonchev–Trinajstić information content (AvgIpc) is 2.03. The van der Waals surface area contributed by atoms with Gasteiger partial charge in [0.2, 0.25) is 5.91 Å². The summed E-state index contributed by atoms with van der Waals surface area (Å²) in [5.74, 6) is -0.464. The van der Waals surface area contributed by atoms with Crippen molar-refractivity contribution >= 4 is 11.9 Å². The first-order chi connectivity index (χ1) is 7.12. The molecule has 0 spiro atoms. The van der Waals surface area contributed by atoms with Crippen molar-refractivity contribution in [3.8, 4) is 0 Å². The summed E-state index contributed by atoms with van der Waals surface area (Å²) in [6.07, 6.45) is 6.02. The van der Waals surface area contributed by atoms with Crippen LogP contribution in [0.3, 0.4) is 0 Å². The highest BCUT2D eigenvalue weighted by Crippen LogP contribution is 2.33. The number of carboxylic acids is 1. The van der Waals surface area contributed by atoms with E-state index in [4.69, 9.17) is 5.11 Å². The Morgan fingerprint density at radius 1 is 1.27 bits per heavy atom. The predicted octanol–water partition coefficient (Wildman–Crippen LogP) is 1.30. The van der Waals surface area contributed by atoms with Crippen LogP contribution >= 0.6 is 0 Å². The van der Waals surface area contributed by atoms with E-state index in [1.54, 1.807) is 0 Å². The van der Waals surface area contributed by atoms with Crippen LogP contribution in [0, 0.1) is 5.92 Å². The largest absolute Gasteiger partial charge is 0.480 e. The molecule has 2 rings (SSSR count). The molecule has 0 bridgehead atoms. The maximum atomic E-state index is 11.6. The van der Waals surface area contributed by atoms with Crippen LogP contribution in [0.25, 0.3) is 0 Å². The fourth-order valence-electron chi connectivity index (χ4n) is 2.20. The van der Waals surface area contributed by atoms with Crippen LogP contribution in [0.4, 0.5) is 0 Å². The molecule has 15 heavy (non-hydrogen) atoms. The number of rotatable bonds is 4. The number of hydrogen-bond acceptors (Lipinski definition) is 2. The van der Waals surface area contributed by atoms with Crippen molar-refractivity contribution in [2.45, 2.75) is 50.5 Å². The zero-order chi connectivity index (χ0) is 10.9. The van der Waals surface area contributed by atoms with Gasteiger partial charge in [0.1, 0.15) is 5.54 Å². The van der Waals surface area contributed by atoms with Crippen LogP contribution in [-0.4, -0.2) is 22.5 Å². The Bertz CT molecular complexity index is 280.